The van der Waals surface area contributed by atoms with Gasteiger partial charge < -0.3 is 133 Å². The van der Waals surface area contributed by atoms with Crippen LogP contribution in [0.25, 0.3) is 0 Å². The molecular weight excluding hydrogens is 1190 g/mol. The third-order valence-electron chi connectivity index (χ3n) is 13.0. The van der Waals surface area contributed by atoms with E-state index >= 15 is 0 Å². The quantitative estimate of drug-likeness (QED) is 0.0116. The minimum Gasteiger partial charge on any atom is -0.480 e. The third kappa shape index (κ3) is 33.7. The van der Waals surface area contributed by atoms with Gasteiger partial charge in [-0.25, -0.2) is 11.0 Å². The van der Waals surface area contributed by atoms with E-state index in [0.29, 0.717) is 0 Å². The highest BCUT2D eigenvalue weighted by Gasteiger charge is 2.37. The lowest BCUT2D eigenvalue weighted by Crippen LogP contribution is -2.54. The van der Waals surface area contributed by atoms with E-state index in [0.717, 1.165) is 14.9 Å². The molecule has 0 aromatic rings. The second kappa shape index (κ2) is 47.1. The molecule has 0 aromatic carbocycles. The van der Waals surface area contributed by atoms with E-state index in [2.05, 4.69) is 16.3 Å². The molecule has 27 N–H and O–H groups in total. The molecule has 0 rings (SSSR count). The van der Waals surface area contributed by atoms with Crippen molar-refractivity contribution in [1.82, 2.24) is 46.4 Å². The maximum Gasteiger partial charge on any atom is 0.317 e. The van der Waals surface area contributed by atoms with Crippen molar-refractivity contribution in [1.29, 1.82) is 0 Å². The van der Waals surface area contributed by atoms with Gasteiger partial charge in [-0.15, -0.1) is 0 Å². The Morgan fingerprint density at radius 3 is 1.33 bits per heavy atom. The number of aliphatic carboxylic acids is 2. The zero-order valence-electron chi connectivity index (χ0n) is 47.6. The van der Waals surface area contributed by atoms with Gasteiger partial charge in [0, 0.05) is 78.5 Å². The second-order valence-corrected chi connectivity index (χ2v) is 19.6. The number of rotatable bonds is 56. The number of carboxylic acids is 2. The first-order chi connectivity index (χ1) is 41.1. The highest BCUT2D eigenvalue weighted by molar-refractivity contribution is 5.81. The van der Waals surface area contributed by atoms with Gasteiger partial charge in [0.25, 0.3) is 12.4 Å². The summed E-state index contributed by atoms with van der Waals surface area (Å²) in [6.07, 6.45) is -32.2. The van der Waals surface area contributed by atoms with Crippen molar-refractivity contribution in [3.63, 3.8) is 0 Å². The van der Waals surface area contributed by atoms with Gasteiger partial charge in [-0.05, 0) is 6.42 Å². The van der Waals surface area contributed by atoms with Crippen molar-refractivity contribution in [3.8, 4) is 0 Å². The lowest BCUT2D eigenvalue weighted by atomic mass is 9.96. The number of amides is 2. The average Bonchev–Trinajstić information content (AvgIpc) is 3.71. The summed E-state index contributed by atoms with van der Waals surface area (Å²) >= 11 is 0. The van der Waals surface area contributed by atoms with Crippen molar-refractivity contribution in [2.24, 2.45) is 0 Å². The minimum absolute atomic E-state index is 0.0926. The van der Waals surface area contributed by atoms with Gasteiger partial charge in [0.05, 0.1) is 71.9 Å². The Morgan fingerprint density at radius 1 is 0.460 bits per heavy atom. The van der Waals surface area contributed by atoms with Crippen molar-refractivity contribution in [2.75, 3.05) is 151 Å². The lowest BCUT2D eigenvalue weighted by Gasteiger charge is -2.32. The van der Waals surface area contributed by atoms with Crippen LogP contribution < -0.4 is 21.8 Å². The summed E-state index contributed by atoms with van der Waals surface area (Å²) in [5.74, 6) is -4.76. The Bertz CT molecular complexity index is 1800. The molecule has 0 saturated heterocycles. The predicted molar refractivity (Wildman–Crippen MR) is 285 cm³/mol. The third-order valence-corrected chi connectivity index (χ3v) is 13.0. The van der Waals surface area contributed by atoms with Crippen molar-refractivity contribution >= 4 is 30.2 Å². The van der Waals surface area contributed by atoms with Crippen LogP contribution in [0.15, 0.2) is 0 Å². The Balaban J connectivity index is 6.32. The summed E-state index contributed by atoms with van der Waals surface area (Å²) < 4.78 is 4.92. The van der Waals surface area contributed by atoms with Crippen LogP contribution in [0.4, 0.5) is 0 Å². The van der Waals surface area contributed by atoms with Gasteiger partial charge in [-0.2, -0.15) is 10.5 Å². The van der Waals surface area contributed by atoms with Gasteiger partial charge >= 0.3 is 11.9 Å². The zero-order chi connectivity index (χ0) is 66.3. The summed E-state index contributed by atoms with van der Waals surface area (Å²) in [5.41, 5.74) is 6.54. The Morgan fingerprint density at radius 2 is 0.885 bits per heavy atom. The number of carbonyl (C=O) groups excluding carboxylic acids is 3. The number of hydrogen-bond acceptors (Lipinski definition) is 37. The molecule has 0 aliphatic rings. The predicted octanol–water partition coefficient (Wildman–Crippen LogP) is -17.1. The standard InChI is InChI=1S/C46H93N9O32/c56-18-27(61)37(73)41(77)31(65)22-85-48-3-6-54(7-4-49-86-23-32(66)42(78)38(74)28(62)19-57)33(67)15-53(17-35(70)71)12-10-51(16-34(68)69)9-11-52(24-84-25-60)13-14-87-55(5-1-26(50-83)36(72)43(79)39(75)29(63)20-58)8-2-47-46(82)45(81)44(80)40(76)30(64)21-59/h25-32,36-45,48-50,56-59,61-66,72-81,83H,1-24H2,(H,47,82)(H,68,69)(H,70,71). The van der Waals surface area contributed by atoms with Crippen LogP contribution in [-0.2, 0) is 43.2 Å². The molecular formula is C46H93N9O32. The molecule has 0 spiro atoms. The number of nitrogens with one attached hydrogen (secondary N) is 4. The van der Waals surface area contributed by atoms with Crippen LogP contribution in [0.2, 0.25) is 0 Å². The normalized spacial score (nSPS) is 18.1. The van der Waals surface area contributed by atoms with Gasteiger partial charge in [0.1, 0.15) is 98.3 Å². The molecule has 0 aromatic heterocycles. The van der Waals surface area contributed by atoms with Gasteiger partial charge in [-0.3, -0.25) is 53.2 Å². The monoisotopic (exact) mass is 1280 g/mol. The molecule has 41 nitrogen and oxygen atoms in total. The first kappa shape index (κ1) is 83.1. The van der Waals surface area contributed by atoms with Crippen molar-refractivity contribution in [2.45, 2.75) is 110 Å². The largest absolute Gasteiger partial charge is 0.480 e. The fourth-order valence-electron chi connectivity index (χ4n) is 7.58. The summed E-state index contributed by atoms with van der Waals surface area (Å²) in [6, 6.07) is -1.48. The molecule has 0 aliphatic heterocycles. The molecule has 87 heavy (non-hydrogen) atoms. The van der Waals surface area contributed by atoms with E-state index < -0.39 is 200 Å². The van der Waals surface area contributed by atoms with Crippen molar-refractivity contribution < 1.29 is 161 Å². The summed E-state index contributed by atoms with van der Waals surface area (Å²) in [7, 11) is 0. The van der Waals surface area contributed by atoms with E-state index in [-0.39, 0.29) is 91.5 Å². The van der Waals surface area contributed by atoms with E-state index in [1.807, 2.05) is 0 Å². The first-order valence-corrected chi connectivity index (χ1v) is 27.1. The average molecular weight is 1280 g/mol. The van der Waals surface area contributed by atoms with E-state index in [9.17, 15) is 121 Å². The maximum atomic E-state index is 13.8. The Labute approximate surface area is 498 Å². The number of aliphatic hydroxyl groups excluding tert-OH is 20. The van der Waals surface area contributed by atoms with Crippen LogP contribution in [0.1, 0.15) is 6.42 Å². The van der Waals surface area contributed by atoms with E-state index in [1.54, 1.807) is 5.48 Å². The molecule has 0 heterocycles. The maximum absolute atomic E-state index is 13.8. The number of hydrogen-bond donors (Lipinski definition) is 27. The molecule has 17 atom stereocenters. The van der Waals surface area contributed by atoms with Crippen LogP contribution in [0.5, 0.6) is 0 Å². The summed E-state index contributed by atoms with van der Waals surface area (Å²) in [4.78, 5) is 83.0. The molecule has 0 saturated carbocycles. The molecule has 17 unspecified atom stereocenters. The number of carbonyl (C=O) groups is 5. The van der Waals surface area contributed by atoms with Gasteiger partial charge in [0.15, 0.2) is 6.10 Å². The van der Waals surface area contributed by atoms with E-state index in [4.69, 9.17) is 39.7 Å². The zero-order valence-corrected chi connectivity index (χ0v) is 47.6. The fourth-order valence-corrected chi connectivity index (χ4v) is 7.58. The topological polar surface area (TPSA) is 652 Å². The molecule has 0 aliphatic carbocycles. The van der Waals surface area contributed by atoms with Gasteiger partial charge in [-0.1, -0.05) is 0 Å². The molecule has 0 bridgehead atoms. The number of aliphatic hydroxyl groups is 20. The number of ether oxygens (including phenoxy) is 1. The molecule has 0 fully saturated rings. The van der Waals surface area contributed by atoms with E-state index in [1.165, 1.54) is 9.80 Å². The minimum atomic E-state index is -2.33. The Kier molecular flexibility index (Phi) is 45.0. The number of hydroxylamine groups is 5. The first-order valence-electron chi connectivity index (χ1n) is 27.1. The number of carboxylic acid groups (broad SMARTS) is 2. The highest BCUT2D eigenvalue weighted by Crippen LogP contribution is 2.13. The number of nitrogens with zero attached hydrogens (tertiary/aromatic N) is 5. The van der Waals surface area contributed by atoms with Crippen LogP contribution >= 0.6 is 0 Å². The lowest BCUT2D eigenvalue weighted by molar-refractivity contribution is -0.172. The molecule has 0 radical (unpaired) electrons. The highest BCUT2D eigenvalue weighted by atomic mass is 16.7. The smallest absolute Gasteiger partial charge is 0.317 e. The molecule has 41 heteroatoms. The fraction of sp³-hybridized carbons (Fsp3) is 0.891. The van der Waals surface area contributed by atoms with Crippen LogP contribution in [0, 0.1) is 0 Å². The van der Waals surface area contributed by atoms with Gasteiger partial charge in [0.2, 0.25) is 5.91 Å². The molecule has 2 amide bonds. The van der Waals surface area contributed by atoms with Crippen molar-refractivity contribution in [3.05, 3.63) is 0 Å². The Hall–Kier alpha value is -3.89. The molecule has 514 valence electrons. The van der Waals surface area contributed by atoms with Crippen LogP contribution in [0.3, 0.4) is 0 Å². The van der Waals surface area contributed by atoms with Crippen LogP contribution in [-0.4, -0.2) is 427 Å². The summed E-state index contributed by atoms with van der Waals surface area (Å²) in [5, 5.41) is 229. The summed E-state index contributed by atoms with van der Waals surface area (Å²) in [6.45, 7) is -10.8. The SMILES string of the molecule is O=COCN(CCON(CCNC(=O)C(O)C(O)C(O)C(O)CO)CCC(NO)C(O)C(O)C(O)C(O)CO)CCN(CCN(CC(=O)O)CC(=O)N(CCNOCC(O)C(O)C(O)C(O)CO)CCNOCC(O)C(O)C(O)C(O)CO)CC(=O)O. The second-order valence-electron chi connectivity index (χ2n) is 19.6.